The fourth-order valence-corrected chi connectivity index (χ4v) is 5.14. The molecule has 1 aromatic carbocycles. The second-order valence-corrected chi connectivity index (χ2v) is 10.4. The van der Waals surface area contributed by atoms with Crippen molar-refractivity contribution in [2.24, 2.45) is 5.73 Å². The number of nitrogens with two attached hydrogens (primary N) is 1. The zero-order valence-corrected chi connectivity index (χ0v) is 24.0. The van der Waals surface area contributed by atoms with E-state index in [9.17, 15) is 49.4 Å². The Bertz CT molecular complexity index is 1560. The third-order valence-corrected chi connectivity index (χ3v) is 7.38. The average Bonchev–Trinajstić information content (AvgIpc) is 2.95. The molecule has 0 aliphatic carbocycles. The second-order valence-electron chi connectivity index (χ2n) is 10.4. The van der Waals surface area contributed by atoms with Gasteiger partial charge in [0.1, 0.15) is 23.8 Å². The molecule has 0 saturated carbocycles. The van der Waals surface area contributed by atoms with Crippen molar-refractivity contribution in [3.05, 3.63) is 76.1 Å². The lowest BCUT2D eigenvalue weighted by molar-refractivity contribution is -0.143. The largest absolute Gasteiger partial charge is 0.488 e. The number of hydrogen-bond acceptors (Lipinski definition) is 7. The van der Waals surface area contributed by atoms with Crippen LogP contribution in [0.3, 0.4) is 0 Å². The van der Waals surface area contributed by atoms with E-state index >= 15 is 0 Å². The van der Waals surface area contributed by atoms with Crippen LogP contribution in [0.4, 0.5) is 50.0 Å². The fraction of sp³-hybridized carbons (Fsp3) is 0.429. The van der Waals surface area contributed by atoms with Crippen molar-refractivity contribution in [2.75, 3.05) is 25.2 Å². The van der Waals surface area contributed by atoms with Crippen LogP contribution in [0.15, 0.2) is 36.5 Å². The summed E-state index contributed by atoms with van der Waals surface area (Å²) < 4.78 is 132. The van der Waals surface area contributed by atoms with Gasteiger partial charge in [-0.3, -0.25) is 4.90 Å². The number of aromatic nitrogens is 3. The molecule has 3 heterocycles. The van der Waals surface area contributed by atoms with Gasteiger partial charge in [0.15, 0.2) is 5.75 Å². The number of pyridine rings is 1. The van der Waals surface area contributed by atoms with E-state index in [2.05, 4.69) is 15.0 Å². The van der Waals surface area contributed by atoms with Crippen molar-refractivity contribution in [2.45, 2.75) is 56.3 Å². The van der Waals surface area contributed by atoms with Crippen LogP contribution < -0.4 is 15.4 Å². The number of carboxylic acid groups (broad SMARTS) is 1. The summed E-state index contributed by atoms with van der Waals surface area (Å²) in [4.78, 5) is 25.2. The quantitative estimate of drug-likeness (QED) is 0.208. The topological polar surface area (TPSA) is 124 Å². The number of nitrogens with zero attached hydrogens (tertiary/aromatic N) is 4. The number of hydrogen-bond donors (Lipinski definition) is 2. The lowest BCUT2D eigenvalue weighted by Crippen LogP contribution is -2.64. The monoisotopic (exact) mass is 667 g/mol. The Hall–Kier alpha value is -4.19. The Balaban J connectivity index is 1.88. The summed E-state index contributed by atoms with van der Waals surface area (Å²) in [5, 5.41) is 10.1. The maximum atomic E-state index is 13.5. The normalized spacial score (nSPS) is 18.8. The summed E-state index contributed by atoms with van der Waals surface area (Å²) in [6.45, 7) is 1.42. The van der Waals surface area contributed by atoms with Gasteiger partial charge in [-0.15, -0.1) is 0 Å². The number of alkyl halides is 9. The van der Waals surface area contributed by atoms with Crippen molar-refractivity contribution in [3.8, 4) is 5.75 Å². The molecule has 1 amide bonds. The minimum absolute atomic E-state index is 0.0307. The Kier molecular flexibility index (Phi) is 9.46. The van der Waals surface area contributed by atoms with Crippen molar-refractivity contribution < 1.29 is 58.9 Å². The highest BCUT2D eigenvalue weighted by Gasteiger charge is 2.50. The van der Waals surface area contributed by atoms with Crippen LogP contribution in [-0.2, 0) is 36.1 Å². The van der Waals surface area contributed by atoms with Gasteiger partial charge < -0.3 is 20.3 Å². The van der Waals surface area contributed by atoms with Crippen LogP contribution in [-0.4, -0.2) is 52.1 Å². The number of carbonyl (C=O) groups is 1. The lowest BCUT2D eigenvalue weighted by atomic mass is 9.80. The number of rotatable bonds is 8. The van der Waals surface area contributed by atoms with Crippen LogP contribution in [0, 0.1) is 0 Å². The first-order valence-electron chi connectivity index (χ1n) is 13.4. The van der Waals surface area contributed by atoms with Gasteiger partial charge in [-0.25, -0.2) is 19.7 Å². The average molecular weight is 668 g/mol. The van der Waals surface area contributed by atoms with Gasteiger partial charge in [-0.05, 0) is 42.3 Å². The highest BCUT2D eigenvalue weighted by molar-refractivity contribution is 5.89. The van der Waals surface area contributed by atoms with Gasteiger partial charge in [-0.2, -0.15) is 39.5 Å². The number of ether oxygens (including phenoxy) is 2. The van der Waals surface area contributed by atoms with Crippen molar-refractivity contribution in [3.63, 3.8) is 0 Å². The minimum Gasteiger partial charge on any atom is -0.488 e. The van der Waals surface area contributed by atoms with Gasteiger partial charge in [0, 0.05) is 20.0 Å². The number of amides is 1. The van der Waals surface area contributed by atoms with E-state index in [1.54, 1.807) is 0 Å². The molecule has 0 spiro atoms. The maximum absolute atomic E-state index is 13.5. The molecule has 0 saturated heterocycles. The van der Waals surface area contributed by atoms with E-state index < -0.39 is 71.4 Å². The Morgan fingerprint density at radius 3 is 2.15 bits per heavy atom. The van der Waals surface area contributed by atoms with Crippen molar-refractivity contribution in [1.29, 1.82) is 0 Å². The van der Waals surface area contributed by atoms with Crippen LogP contribution >= 0.6 is 0 Å². The first kappa shape index (κ1) is 34.7. The zero-order chi connectivity index (χ0) is 34.2. The molecule has 1 aliphatic heterocycles. The molecule has 9 nitrogen and oxygen atoms in total. The molecular weight excluding hydrogens is 641 g/mol. The van der Waals surface area contributed by atoms with Crippen LogP contribution in [0.5, 0.6) is 5.75 Å². The summed E-state index contributed by atoms with van der Waals surface area (Å²) in [6, 6.07) is 2.53. The number of anilines is 1. The summed E-state index contributed by atoms with van der Waals surface area (Å²) in [7, 11) is 1.35. The predicted octanol–water partition coefficient (Wildman–Crippen LogP) is 6.43. The molecular formula is C28H26F9N5O4. The Morgan fingerprint density at radius 2 is 1.63 bits per heavy atom. The predicted molar refractivity (Wildman–Crippen MR) is 142 cm³/mol. The van der Waals surface area contributed by atoms with E-state index in [1.165, 1.54) is 14.0 Å². The van der Waals surface area contributed by atoms with E-state index in [4.69, 9.17) is 15.2 Å². The first-order valence-corrected chi connectivity index (χ1v) is 13.4. The van der Waals surface area contributed by atoms with Crippen LogP contribution in [0.2, 0.25) is 0 Å². The van der Waals surface area contributed by atoms with Crippen LogP contribution in [0.25, 0.3) is 0 Å². The SMILES string of the molecule is CCC1(N)C(c2ncc(OCCOC)c(Cc3cc(C(F)(F)F)cc(C(F)(F)F)c3)n2)Cc2nc(C(F)(F)F)ccc2N1C(=O)O. The van der Waals surface area contributed by atoms with E-state index in [0.29, 0.717) is 23.1 Å². The lowest BCUT2D eigenvalue weighted by Gasteiger charge is -2.47. The summed E-state index contributed by atoms with van der Waals surface area (Å²) in [5.41, 5.74) is -0.827. The molecule has 2 aromatic heterocycles. The molecule has 1 aliphatic rings. The summed E-state index contributed by atoms with van der Waals surface area (Å²) in [5.74, 6) is -1.66. The van der Waals surface area contributed by atoms with Gasteiger partial charge in [0.05, 0.1) is 46.9 Å². The number of fused-ring (bicyclic) bond motifs is 1. The van der Waals surface area contributed by atoms with E-state index in [-0.39, 0.29) is 54.4 Å². The molecule has 3 aromatic rings. The molecule has 0 radical (unpaired) electrons. The standard InChI is InChI=1S/C28H26F9N5O4/c1-3-25(38)17(12-18-20(42(25)24(43)44)4-5-22(40-18)28(35,36)37)23-39-13-21(46-7-6-45-2)19(41-23)10-14-8-15(26(29,30)31)11-16(9-14)27(32,33)34/h4-5,8-9,11,13,17H,3,6-7,10,12,38H2,1-2H3,(H,43,44). The number of benzene rings is 1. The fourth-order valence-electron chi connectivity index (χ4n) is 5.14. The third kappa shape index (κ3) is 7.11. The smallest absolute Gasteiger partial charge is 0.433 e. The molecule has 18 heteroatoms. The van der Waals surface area contributed by atoms with Crippen molar-refractivity contribution in [1.82, 2.24) is 15.0 Å². The van der Waals surface area contributed by atoms with Gasteiger partial charge in [-0.1, -0.05) is 6.92 Å². The molecule has 2 unspecified atom stereocenters. The second kappa shape index (κ2) is 12.5. The molecule has 2 atom stereocenters. The number of halogens is 9. The number of methoxy groups -OCH3 is 1. The van der Waals surface area contributed by atoms with E-state index in [0.717, 1.165) is 12.3 Å². The summed E-state index contributed by atoms with van der Waals surface area (Å²) in [6.07, 6.45) is -16.8. The molecule has 3 N–H and O–H groups in total. The Morgan fingerprint density at radius 1 is 1.00 bits per heavy atom. The molecule has 250 valence electrons. The highest BCUT2D eigenvalue weighted by atomic mass is 19.4. The minimum atomic E-state index is -5.12. The van der Waals surface area contributed by atoms with Gasteiger partial charge in [0.2, 0.25) is 0 Å². The van der Waals surface area contributed by atoms with Crippen LogP contribution in [0.1, 0.15) is 58.9 Å². The zero-order valence-electron chi connectivity index (χ0n) is 24.0. The summed E-state index contributed by atoms with van der Waals surface area (Å²) >= 11 is 0. The highest BCUT2D eigenvalue weighted by Crippen LogP contribution is 2.45. The molecule has 4 rings (SSSR count). The molecule has 46 heavy (non-hydrogen) atoms. The van der Waals surface area contributed by atoms with Gasteiger partial charge >= 0.3 is 24.6 Å². The van der Waals surface area contributed by atoms with Gasteiger partial charge in [0.25, 0.3) is 0 Å². The third-order valence-electron chi connectivity index (χ3n) is 7.38. The van der Waals surface area contributed by atoms with E-state index in [1.807, 2.05) is 0 Å². The molecule has 0 fully saturated rings. The Labute approximate surface area is 255 Å². The first-order chi connectivity index (χ1) is 21.3. The van der Waals surface area contributed by atoms with Crippen molar-refractivity contribution >= 4 is 11.8 Å². The molecule has 0 bridgehead atoms. The maximum Gasteiger partial charge on any atom is 0.433 e.